The van der Waals surface area contributed by atoms with E-state index in [0.29, 0.717) is 29.3 Å². The molecule has 0 fully saturated rings. The van der Waals surface area contributed by atoms with Crippen molar-refractivity contribution >= 4 is 29.2 Å². The number of ether oxygens (including phenoxy) is 2. The van der Waals surface area contributed by atoms with Crippen LogP contribution in [0.5, 0.6) is 11.5 Å². The molecule has 0 unspecified atom stereocenters. The van der Waals surface area contributed by atoms with Crippen LogP contribution >= 0.6 is 11.6 Å². The molecule has 0 atom stereocenters. The fourth-order valence-corrected chi connectivity index (χ4v) is 2.58. The zero-order valence-electron chi connectivity index (χ0n) is 14.8. The van der Waals surface area contributed by atoms with Crippen LogP contribution in [-0.2, 0) is 9.53 Å². The first-order chi connectivity index (χ1) is 13.9. The fourth-order valence-electron chi connectivity index (χ4n) is 2.35. The molecular formula is C21H14ClF2NO4. The van der Waals surface area contributed by atoms with E-state index in [4.69, 9.17) is 21.1 Å². The number of hydrogen-bond acceptors (Lipinski definition) is 4. The Bertz CT molecular complexity index is 1040. The lowest BCUT2D eigenvalue weighted by Crippen LogP contribution is -2.21. The number of halogens is 3. The summed E-state index contributed by atoms with van der Waals surface area (Å²) in [6, 6.07) is 16.9. The number of amides is 1. The number of nitrogens with one attached hydrogen (secondary N) is 1. The van der Waals surface area contributed by atoms with Gasteiger partial charge in [0.25, 0.3) is 5.91 Å². The Morgan fingerprint density at radius 1 is 0.931 bits per heavy atom. The summed E-state index contributed by atoms with van der Waals surface area (Å²) in [6.07, 6.45) is 0. The van der Waals surface area contributed by atoms with Gasteiger partial charge in [-0.2, -0.15) is 0 Å². The van der Waals surface area contributed by atoms with E-state index in [1.807, 2.05) is 6.07 Å². The third kappa shape index (κ3) is 5.30. The largest absolute Gasteiger partial charge is 0.455 e. The molecular weight excluding hydrogens is 404 g/mol. The number of anilines is 1. The van der Waals surface area contributed by atoms with Gasteiger partial charge in [-0.15, -0.1) is 0 Å². The minimum Gasteiger partial charge on any atom is -0.455 e. The summed E-state index contributed by atoms with van der Waals surface area (Å²) in [4.78, 5) is 24.1. The first kappa shape index (κ1) is 20.3. The van der Waals surface area contributed by atoms with Crippen molar-refractivity contribution in [2.45, 2.75) is 0 Å². The number of rotatable bonds is 6. The van der Waals surface area contributed by atoms with Gasteiger partial charge in [-0.1, -0.05) is 41.9 Å². The van der Waals surface area contributed by atoms with Crippen molar-refractivity contribution in [3.63, 3.8) is 0 Å². The predicted octanol–water partition coefficient (Wildman–Crippen LogP) is 5.21. The summed E-state index contributed by atoms with van der Waals surface area (Å²) < 4.78 is 36.9. The molecule has 0 aromatic heterocycles. The van der Waals surface area contributed by atoms with Gasteiger partial charge in [0.05, 0.1) is 16.3 Å². The monoisotopic (exact) mass is 417 g/mol. The van der Waals surface area contributed by atoms with Crippen molar-refractivity contribution < 1.29 is 27.8 Å². The van der Waals surface area contributed by atoms with Gasteiger partial charge in [0.2, 0.25) is 0 Å². The number of carbonyl (C=O) groups excluding carboxylic acids is 2. The van der Waals surface area contributed by atoms with E-state index >= 15 is 0 Å². The van der Waals surface area contributed by atoms with E-state index in [2.05, 4.69) is 5.32 Å². The number of para-hydroxylation sites is 3. The molecule has 3 aromatic rings. The van der Waals surface area contributed by atoms with Gasteiger partial charge < -0.3 is 14.8 Å². The average Bonchev–Trinajstić information content (AvgIpc) is 2.71. The van der Waals surface area contributed by atoms with Crippen molar-refractivity contribution in [2.75, 3.05) is 11.9 Å². The number of benzene rings is 3. The van der Waals surface area contributed by atoms with Gasteiger partial charge in [0.1, 0.15) is 5.75 Å². The maximum absolute atomic E-state index is 13.3. The van der Waals surface area contributed by atoms with Gasteiger partial charge in [-0.3, -0.25) is 4.79 Å². The van der Waals surface area contributed by atoms with Crippen molar-refractivity contribution in [2.24, 2.45) is 0 Å². The molecule has 29 heavy (non-hydrogen) atoms. The highest BCUT2D eigenvalue weighted by molar-refractivity contribution is 6.33. The molecule has 0 heterocycles. The van der Waals surface area contributed by atoms with E-state index in [1.54, 1.807) is 48.5 Å². The molecule has 5 nitrogen and oxygen atoms in total. The van der Waals surface area contributed by atoms with Gasteiger partial charge >= 0.3 is 5.97 Å². The maximum atomic E-state index is 13.3. The Labute approximate surface area is 169 Å². The lowest BCUT2D eigenvalue weighted by Gasteiger charge is -2.12. The highest BCUT2D eigenvalue weighted by atomic mass is 35.5. The molecule has 1 amide bonds. The lowest BCUT2D eigenvalue weighted by molar-refractivity contribution is -0.119. The van der Waals surface area contributed by atoms with Crippen LogP contribution in [0.25, 0.3) is 0 Å². The van der Waals surface area contributed by atoms with Crippen LogP contribution in [0.1, 0.15) is 10.4 Å². The van der Waals surface area contributed by atoms with Crippen molar-refractivity contribution in [1.82, 2.24) is 0 Å². The quantitative estimate of drug-likeness (QED) is 0.442. The minimum absolute atomic E-state index is 0.323. The summed E-state index contributed by atoms with van der Waals surface area (Å²) in [5.41, 5.74) is -0.0190. The number of carbonyl (C=O) groups is 2. The van der Waals surface area contributed by atoms with Gasteiger partial charge in [0, 0.05) is 0 Å². The number of hydrogen-bond donors (Lipinski definition) is 1. The van der Waals surface area contributed by atoms with Crippen molar-refractivity contribution in [1.29, 1.82) is 0 Å². The zero-order valence-corrected chi connectivity index (χ0v) is 15.6. The van der Waals surface area contributed by atoms with Gasteiger partial charge in [-0.25, -0.2) is 13.6 Å². The second-order valence-corrected chi connectivity index (χ2v) is 6.19. The van der Waals surface area contributed by atoms with Crippen LogP contribution in [0.2, 0.25) is 5.02 Å². The highest BCUT2D eigenvalue weighted by Crippen LogP contribution is 2.29. The zero-order chi connectivity index (χ0) is 20.8. The van der Waals surface area contributed by atoms with E-state index < -0.39 is 30.1 Å². The second kappa shape index (κ2) is 9.16. The molecule has 0 aliphatic heterocycles. The summed E-state index contributed by atoms with van der Waals surface area (Å²) in [5, 5.41) is 2.24. The molecule has 8 heteroatoms. The molecule has 0 aliphatic carbocycles. The predicted molar refractivity (Wildman–Crippen MR) is 103 cm³/mol. The Morgan fingerprint density at radius 3 is 2.34 bits per heavy atom. The fraction of sp³-hybridized carbons (Fsp3) is 0.0476. The lowest BCUT2D eigenvalue weighted by atomic mass is 10.2. The van der Waals surface area contributed by atoms with Crippen LogP contribution in [-0.4, -0.2) is 18.5 Å². The maximum Gasteiger partial charge on any atom is 0.340 e. The normalized spacial score (nSPS) is 10.3. The van der Waals surface area contributed by atoms with Crippen molar-refractivity contribution in [3.8, 4) is 11.5 Å². The Hall–Kier alpha value is -3.45. The molecule has 0 aliphatic rings. The van der Waals surface area contributed by atoms with Crippen LogP contribution in [0.3, 0.4) is 0 Å². The molecule has 0 saturated carbocycles. The SMILES string of the molecule is O=C(COC(=O)c1cc(F)c(F)cc1Cl)Nc1ccccc1Oc1ccccc1. The first-order valence-electron chi connectivity index (χ1n) is 8.37. The third-order valence-corrected chi connectivity index (χ3v) is 4.01. The van der Waals surface area contributed by atoms with Crippen LogP contribution in [0.15, 0.2) is 66.7 Å². The van der Waals surface area contributed by atoms with Gasteiger partial charge in [0.15, 0.2) is 24.0 Å². The van der Waals surface area contributed by atoms with E-state index in [1.165, 1.54) is 0 Å². The highest BCUT2D eigenvalue weighted by Gasteiger charge is 2.18. The van der Waals surface area contributed by atoms with E-state index in [9.17, 15) is 18.4 Å². The molecule has 148 valence electrons. The number of esters is 1. The molecule has 3 rings (SSSR count). The van der Waals surface area contributed by atoms with Crippen molar-refractivity contribution in [3.05, 3.63) is 89.0 Å². The summed E-state index contributed by atoms with van der Waals surface area (Å²) in [7, 11) is 0. The van der Waals surface area contributed by atoms with E-state index in [0.717, 1.165) is 0 Å². The van der Waals surface area contributed by atoms with Gasteiger partial charge in [-0.05, 0) is 36.4 Å². The topological polar surface area (TPSA) is 64.6 Å². The smallest absolute Gasteiger partial charge is 0.340 e. The Morgan fingerprint density at radius 2 is 1.59 bits per heavy atom. The minimum atomic E-state index is -1.25. The third-order valence-electron chi connectivity index (χ3n) is 3.70. The second-order valence-electron chi connectivity index (χ2n) is 5.78. The molecule has 0 saturated heterocycles. The van der Waals surface area contributed by atoms with Crippen LogP contribution in [0.4, 0.5) is 14.5 Å². The molecule has 0 spiro atoms. The Balaban J connectivity index is 1.63. The average molecular weight is 418 g/mol. The standard InChI is InChI=1S/C21H14ClF2NO4/c22-15-11-17(24)16(23)10-14(15)21(27)28-12-20(26)25-18-8-4-5-9-19(18)29-13-6-2-1-3-7-13/h1-11H,12H2,(H,25,26). The first-order valence-corrected chi connectivity index (χ1v) is 8.75. The molecule has 0 bridgehead atoms. The molecule has 0 radical (unpaired) electrons. The van der Waals surface area contributed by atoms with Crippen LogP contribution in [0, 0.1) is 11.6 Å². The van der Waals surface area contributed by atoms with Crippen LogP contribution < -0.4 is 10.1 Å². The van der Waals surface area contributed by atoms with E-state index in [-0.39, 0.29) is 10.6 Å². The Kier molecular flexibility index (Phi) is 6.41. The molecule has 3 aromatic carbocycles. The summed E-state index contributed by atoms with van der Waals surface area (Å²) in [6.45, 7) is -0.659. The summed E-state index contributed by atoms with van der Waals surface area (Å²) in [5.74, 6) is -3.19. The summed E-state index contributed by atoms with van der Waals surface area (Å²) >= 11 is 5.71. The molecule has 1 N–H and O–H groups in total.